The summed E-state index contributed by atoms with van der Waals surface area (Å²) < 4.78 is 55.0. The second-order valence-corrected chi connectivity index (χ2v) is 12.4. The van der Waals surface area contributed by atoms with E-state index in [2.05, 4.69) is 30.9 Å². The summed E-state index contributed by atoms with van der Waals surface area (Å²) in [7, 11) is -7.25. The molecule has 0 aromatic heterocycles. The highest BCUT2D eigenvalue weighted by atomic mass is 32.2. The third-order valence-corrected chi connectivity index (χ3v) is 10.4. The lowest BCUT2D eigenvalue weighted by Gasteiger charge is -2.36. The highest BCUT2D eigenvalue weighted by molar-refractivity contribution is 7.89. The number of hydrogen-bond donors (Lipinski definition) is 0. The lowest BCUT2D eigenvalue weighted by molar-refractivity contribution is 0.346. The molecule has 2 aromatic carbocycles. The summed E-state index contributed by atoms with van der Waals surface area (Å²) in [6.07, 6.45) is 2.76. The van der Waals surface area contributed by atoms with Gasteiger partial charge in [-0.2, -0.15) is 8.61 Å². The summed E-state index contributed by atoms with van der Waals surface area (Å²) in [4.78, 5) is 2.51. The van der Waals surface area contributed by atoms with Gasteiger partial charge in [0, 0.05) is 45.0 Å². The molecule has 0 bridgehead atoms. The molecule has 2 aromatic rings. The van der Waals surface area contributed by atoms with Gasteiger partial charge in [0.25, 0.3) is 0 Å². The number of aryl methyl sites for hydroxylation is 1. The Hall–Kier alpha value is -1.94. The number of hydrogen-bond acceptors (Lipinski definition) is 5. The van der Waals surface area contributed by atoms with Gasteiger partial charge in [-0.1, -0.05) is 18.6 Å². The summed E-state index contributed by atoms with van der Waals surface area (Å²) in [5.74, 6) is 0. The van der Waals surface area contributed by atoms with Gasteiger partial charge in [0.1, 0.15) is 0 Å². The van der Waals surface area contributed by atoms with Crippen molar-refractivity contribution in [2.45, 2.75) is 42.9 Å². The second kappa shape index (κ2) is 9.13. The molecule has 2 heterocycles. The molecule has 4 rings (SSSR count). The van der Waals surface area contributed by atoms with Crippen LogP contribution in [0, 0.1) is 13.8 Å². The van der Waals surface area contributed by atoms with Crippen molar-refractivity contribution >= 4 is 25.7 Å². The maximum atomic E-state index is 13.2. The summed E-state index contributed by atoms with van der Waals surface area (Å²) in [6.45, 7) is 7.23. The molecular formula is C23H31N3O4S2. The number of anilines is 1. The van der Waals surface area contributed by atoms with Crippen LogP contribution < -0.4 is 4.90 Å². The number of sulfonamides is 2. The van der Waals surface area contributed by atoms with Crippen molar-refractivity contribution in [3.63, 3.8) is 0 Å². The van der Waals surface area contributed by atoms with E-state index < -0.39 is 20.0 Å². The van der Waals surface area contributed by atoms with Crippen molar-refractivity contribution in [1.29, 1.82) is 0 Å². The molecule has 32 heavy (non-hydrogen) atoms. The molecule has 0 unspecified atom stereocenters. The maximum Gasteiger partial charge on any atom is 0.243 e. The van der Waals surface area contributed by atoms with Crippen LogP contribution in [0.1, 0.15) is 30.4 Å². The first kappa shape index (κ1) is 23.2. The van der Waals surface area contributed by atoms with Crippen LogP contribution in [0.25, 0.3) is 0 Å². The van der Waals surface area contributed by atoms with Crippen LogP contribution in [0.4, 0.5) is 5.69 Å². The normalized spacial score (nSPS) is 19.2. The van der Waals surface area contributed by atoms with E-state index in [4.69, 9.17) is 0 Å². The number of piperidine rings is 1. The molecule has 174 valence electrons. The topological polar surface area (TPSA) is 78.0 Å². The van der Waals surface area contributed by atoms with Gasteiger partial charge >= 0.3 is 0 Å². The highest BCUT2D eigenvalue weighted by Crippen LogP contribution is 2.27. The molecule has 2 aliphatic rings. The maximum absolute atomic E-state index is 13.2. The fourth-order valence-electron chi connectivity index (χ4n) is 4.43. The molecule has 0 aliphatic carbocycles. The molecule has 2 aliphatic heterocycles. The first-order valence-corrected chi connectivity index (χ1v) is 14.0. The van der Waals surface area contributed by atoms with Crippen LogP contribution in [-0.4, -0.2) is 64.7 Å². The van der Waals surface area contributed by atoms with Crippen molar-refractivity contribution in [1.82, 2.24) is 8.61 Å². The molecule has 2 saturated heterocycles. The average Bonchev–Trinajstić information content (AvgIpc) is 2.81. The van der Waals surface area contributed by atoms with Gasteiger partial charge in [-0.15, -0.1) is 0 Å². The zero-order valence-corrected chi connectivity index (χ0v) is 20.3. The largest absolute Gasteiger partial charge is 0.369 e. The van der Waals surface area contributed by atoms with Gasteiger partial charge in [-0.05, 0) is 68.1 Å². The highest BCUT2D eigenvalue weighted by Gasteiger charge is 2.30. The SMILES string of the molecule is Cc1cccc(N2CCN(S(=O)(=O)c3ccc(S(=O)(=O)N4CCCCC4)cc3)CC2)c1C. The van der Waals surface area contributed by atoms with Crippen LogP contribution in [0.15, 0.2) is 52.3 Å². The zero-order valence-electron chi connectivity index (χ0n) is 18.7. The first-order valence-electron chi connectivity index (χ1n) is 11.1. The standard InChI is InChI=1S/C23H31N3O4S2/c1-19-7-6-8-23(20(19)2)24-15-17-26(18-16-24)32(29,30)22-11-9-21(10-12-22)31(27,28)25-13-4-3-5-14-25/h6-12H,3-5,13-18H2,1-2H3. The Morgan fingerprint density at radius 2 is 1.12 bits per heavy atom. The average molecular weight is 478 g/mol. The van der Waals surface area contributed by atoms with Crippen molar-refractivity contribution in [3.8, 4) is 0 Å². The minimum atomic E-state index is -3.67. The number of benzene rings is 2. The van der Waals surface area contributed by atoms with Gasteiger partial charge in [0.05, 0.1) is 9.79 Å². The monoisotopic (exact) mass is 477 g/mol. The quantitative estimate of drug-likeness (QED) is 0.662. The number of nitrogens with zero attached hydrogens (tertiary/aromatic N) is 3. The van der Waals surface area contributed by atoms with Crippen LogP contribution in [0.5, 0.6) is 0 Å². The molecule has 9 heteroatoms. The van der Waals surface area contributed by atoms with E-state index in [-0.39, 0.29) is 9.79 Å². The summed E-state index contributed by atoms with van der Waals surface area (Å²) in [5, 5.41) is 0. The van der Waals surface area contributed by atoms with E-state index in [0.717, 1.165) is 24.9 Å². The number of rotatable bonds is 5. The van der Waals surface area contributed by atoms with Crippen LogP contribution in [0.3, 0.4) is 0 Å². The minimum Gasteiger partial charge on any atom is -0.369 e. The van der Waals surface area contributed by atoms with Crippen molar-refractivity contribution in [2.75, 3.05) is 44.2 Å². The molecule has 0 amide bonds. The van der Waals surface area contributed by atoms with Crippen molar-refractivity contribution < 1.29 is 16.8 Å². The lowest BCUT2D eigenvalue weighted by atomic mass is 10.1. The van der Waals surface area contributed by atoms with Crippen molar-refractivity contribution in [2.24, 2.45) is 0 Å². The van der Waals surface area contributed by atoms with Gasteiger partial charge < -0.3 is 4.90 Å². The Kier molecular flexibility index (Phi) is 6.63. The second-order valence-electron chi connectivity index (χ2n) is 8.55. The molecule has 0 N–H and O–H groups in total. The van der Waals surface area contributed by atoms with Crippen LogP contribution in [-0.2, 0) is 20.0 Å². The van der Waals surface area contributed by atoms with Gasteiger partial charge in [-0.25, -0.2) is 16.8 Å². The van der Waals surface area contributed by atoms with E-state index in [1.54, 1.807) is 0 Å². The number of piperazine rings is 1. The first-order chi connectivity index (χ1) is 15.2. The Balaban J connectivity index is 1.46. The van der Waals surface area contributed by atoms with Gasteiger partial charge in [-0.3, -0.25) is 0 Å². The van der Waals surface area contributed by atoms with Crippen molar-refractivity contribution in [3.05, 3.63) is 53.6 Å². The minimum absolute atomic E-state index is 0.135. The lowest BCUT2D eigenvalue weighted by Crippen LogP contribution is -2.48. The molecule has 0 spiro atoms. The predicted molar refractivity (Wildman–Crippen MR) is 126 cm³/mol. The summed E-state index contributed by atoms with van der Waals surface area (Å²) in [6, 6.07) is 11.9. The van der Waals surface area contributed by atoms with E-state index in [1.165, 1.54) is 44.0 Å². The van der Waals surface area contributed by atoms with Crippen LogP contribution in [0.2, 0.25) is 0 Å². The third kappa shape index (κ3) is 4.44. The van der Waals surface area contributed by atoms with E-state index in [0.29, 0.717) is 39.3 Å². The molecular weight excluding hydrogens is 446 g/mol. The fourth-order valence-corrected chi connectivity index (χ4v) is 7.37. The van der Waals surface area contributed by atoms with E-state index in [9.17, 15) is 16.8 Å². The predicted octanol–water partition coefficient (Wildman–Crippen LogP) is 2.99. The molecule has 0 radical (unpaired) electrons. The molecule has 0 saturated carbocycles. The summed E-state index contributed by atoms with van der Waals surface area (Å²) >= 11 is 0. The Bertz CT molecular complexity index is 1160. The smallest absolute Gasteiger partial charge is 0.243 e. The third-order valence-electron chi connectivity index (χ3n) is 6.57. The zero-order chi connectivity index (χ0) is 22.9. The van der Waals surface area contributed by atoms with E-state index in [1.807, 2.05) is 6.07 Å². The van der Waals surface area contributed by atoms with Gasteiger partial charge in [0.2, 0.25) is 20.0 Å². The Labute approximate surface area is 191 Å². The molecule has 7 nitrogen and oxygen atoms in total. The molecule has 0 atom stereocenters. The van der Waals surface area contributed by atoms with E-state index >= 15 is 0 Å². The Morgan fingerprint density at radius 3 is 1.66 bits per heavy atom. The summed E-state index contributed by atoms with van der Waals surface area (Å²) in [5.41, 5.74) is 3.58. The Morgan fingerprint density at radius 1 is 0.625 bits per heavy atom. The van der Waals surface area contributed by atoms with Gasteiger partial charge in [0.15, 0.2) is 0 Å². The fraction of sp³-hybridized carbons (Fsp3) is 0.478. The molecule has 2 fully saturated rings. The van der Waals surface area contributed by atoms with Crippen LogP contribution >= 0.6 is 0 Å².